The first-order valence-corrected chi connectivity index (χ1v) is 8.01. The van der Waals surface area contributed by atoms with E-state index in [4.69, 9.17) is 34.9 Å². The largest absolute Gasteiger partial charge is 0.493 e. The highest BCUT2D eigenvalue weighted by molar-refractivity contribution is 5.91. The minimum atomic E-state index is -4.11. The van der Waals surface area contributed by atoms with Crippen molar-refractivity contribution in [3.05, 3.63) is 12.1 Å². The van der Waals surface area contributed by atoms with E-state index in [9.17, 15) is 4.79 Å². The summed E-state index contributed by atoms with van der Waals surface area (Å²) in [5.74, 6) is -4.50. The number of carbonyl (C=O) groups is 1. The van der Waals surface area contributed by atoms with E-state index in [-0.39, 0.29) is 36.7 Å². The second-order valence-corrected chi connectivity index (χ2v) is 5.36. The summed E-state index contributed by atoms with van der Waals surface area (Å²) in [6.45, 7) is -11.8. The fourth-order valence-corrected chi connectivity index (χ4v) is 2.31. The summed E-state index contributed by atoms with van der Waals surface area (Å²) in [5, 5.41) is -1.10. The van der Waals surface area contributed by atoms with Crippen LogP contribution in [0, 0.1) is 0 Å². The number of carbonyl (C=O) groups excluding carboxylic acids is 1. The van der Waals surface area contributed by atoms with Crippen LogP contribution in [0.25, 0.3) is 10.9 Å². The predicted molar refractivity (Wildman–Crippen MR) is 107 cm³/mol. The Kier molecular flexibility index (Phi) is 2.64. The third kappa shape index (κ3) is 4.36. The van der Waals surface area contributed by atoms with Crippen LogP contribution in [0.3, 0.4) is 0 Å². The number of ether oxygens (including phenoxy) is 3. The average Bonchev–Trinajstić information content (AvgIpc) is 3.35. The monoisotopic (exact) mass is 404 g/mol. The Hall–Kier alpha value is -2.81. The highest BCUT2D eigenvalue weighted by Crippen LogP contribution is 2.33. The molecule has 1 aliphatic rings. The second-order valence-electron chi connectivity index (χ2n) is 5.36. The Labute approximate surface area is 185 Å². The molecule has 9 heteroatoms. The summed E-state index contributed by atoms with van der Waals surface area (Å²) in [6.07, 6.45) is -6.63. The van der Waals surface area contributed by atoms with Crippen LogP contribution in [0.4, 0.5) is 11.8 Å². The summed E-state index contributed by atoms with van der Waals surface area (Å²) < 4.78 is 138. The molecule has 2 heterocycles. The Morgan fingerprint density at radius 2 is 2.39 bits per heavy atom. The molecule has 28 heavy (non-hydrogen) atoms. The second kappa shape index (κ2) is 8.92. The molecule has 2 aromatic rings. The molecule has 3 N–H and O–H groups in total. The van der Waals surface area contributed by atoms with Crippen molar-refractivity contribution in [2.45, 2.75) is 25.3 Å². The fourth-order valence-electron chi connectivity index (χ4n) is 2.31. The minimum Gasteiger partial charge on any atom is -0.493 e. The van der Waals surface area contributed by atoms with Crippen LogP contribution in [-0.4, -0.2) is 62.8 Å². The summed E-state index contributed by atoms with van der Waals surface area (Å²) in [7, 11) is 2.25. The van der Waals surface area contributed by atoms with Crippen molar-refractivity contribution in [3.8, 4) is 11.5 Å². The molecule has 3 rings (SSSR count). The molecule has 1 unspecified atom stereocenters. The molecule has 1 aromatic heterocycles. The Morgan fingerprint density at radius 3 is 3.07 bits per heavy atom. The van der Waals surface area contributed by atoms with Gasteiger partial charge in [-0.2, -0.15) is 4.98 Å². The van der Waals surface area contributed by atoms with Crippen LogP contribution in [0.5, 0.6) is 11.5 Å². The van der Waals surface area contributed by atoms with E-state index < -0.39 is 83.3 Å². The summed E-state index contributed by atoms with van der Waals surface area (Å²) in [6, 6.07) is -1.25. The first-order chi connectivity index (χ1) is 19.5. The zero-order valence-electron chi connectivity index (χ0n) is 30.0. The first-order valence-electron chi connectivity index (χ1n) is 15.4. The molecule has 0 aliphatic carbocycles. The van der Waals surface area contributed by atoms with E-state index in [1.165, 1.54) is 0 Å². The maximum Gasteiger partial charge on any atom is 0.249 e. The van der Waals surface area contributed by atoms with Crippen molar-refractivity contribution in [2.24, 2.45) is 0 Å². The van der Waals surface area contributed by atoms with Gasteiger partial charge in [0.15, 0.2) is 15.7 Å². The van der Waals surface area contributed by atoms with Crippen LogP contribution < -0.4 is 25.4 Å². The number of hydrogen-bond acceptors (Lipinski definition) is 8. The number of anilines is 2. The lowest BCUT2D eigenvalue weighted by Gasteiger charge is -2.19. The van der Waals surface area contributed by atoms with Gasteiger partial charge in [-0.15, -0.1) is 0 Å². The van der Waals surface area contributed by atoms with Gasteiger partial charge in [-0.1, -0.05) is 0 Å². The molecule has 0 bridgehead atoms. The van der Waals surface area contributed by atoms with Crippen molar-refractivity contribution < 1.29 is 39.7 Å². The van der Waals surface area contributed by atoms with Crippen molar-refractivity contribution in [1.82, 2.24) is 15.3 Å². The Morgan fingerprint density at radius 1 is 1.57 bits per heavy atom. The van der Waals surface area contributed by atoms with Gasteiger partial charge in [0.25, 0.3) is 0 Å². The molecule has 0 spiro atoms. The topological polar surface area (TPSA) is 112 Å². The lowest BCUT2D eigenvalue weighted by atomic mass is 10.2. The van der Waals surface area contributed by atoms with Crippen LogP contribution in [0.2, 0.25) is 4.24 Å². The molecule has 9 nitrogen and oxygen atoms in total. The minimum absolute atomic E-state index is 0.0774. The normalized spacial score (nSPS) is 28.4. The number of hydrogen-bond donors (Lipinski definition) is 2. The molecule has 0 saturated carbocycles. The zero-order valence-corrected chi connectivity index (χ0v) is 15.0. The number of aromatic nitrogens is 2. The molecule has 1 saturated heterocycles. The van der Waals surface area contributed by atoms with E-state index >= 15 is 0 Å². The van der Waals surface area contributed by atoms with Crippen molar-refractivity contribution in [2.75, 3.05) is 51.4 Å². The van der Waals surface area contributed by atoms with E-state index in [0.29, 0.717) is 0 Å². The molecular formula is C19H27N5O4. The molecule has 1 atom stereocenters. The number of nitrogens with two attached hydrogens (primary N) is 1. The molecule has 152 valence electrons. The maximum absolute atomic E-state index is 12.8. The highest BCUT2D eigenvalue weighted by atomic mass is 16.5. The molecular weight excluding hydrogens is 362 g/mol. The lowest BCUT2D eigenvalue weighted by molar-refractivity contribution is -0.130. The number of benzene rings is 1. The van der Waals surface area contributed by atoms with Crippen LogP contribution in [0.15, 0.2) is 12.1 Å². The number of nitrogens with zero attached hydrogens (tertiary/aromatic N) is 3. The fraction of sp³-hybridized carbons (Fsp3) is 0.526. The maximum atomic E-state index is 12.8. The first kappa shape index (κ1) is 8.28. The molecule has 1 aromatic carbocycles. The number of nitrogens with one attached hydrogen (secondary N) is 1. The summed E-state index contributed by atoms with van der Waals surface area (Å²) in [4.78, 5) is 20.0. The third-order valence-corrected chi connectivity index (χ3v) is 3.61. The number of nitrogen functional groups attached to an aromatic ring is 1. The van der Waals surface area contributed by atoms with Crippen LogP contribution in [0.1, 0.15) is 35.7 Å². The lowest BCUT2D eigenvalue weighted by Crippen LogP contribution is -2.36. The number of amides is 1. The standard InChI is InChI=1S/C19H27N5O4/c1-24(8-5-7-21-18(25)14-6-4-9-28-14)19-22-13-11-16(27-3)15(26-2)10-12(13)17(20)23-19/h10-11,14H,4-9H2,1-3H3,(H,21,25)(H2,20,22,23)/i1D3,5D2,7D2,8D2,10D,11D,14D/hD3. The van der Waals surface area contributed by atoms with E-state index in [0.717, 1.165) is 14.2 Å². The number of rotatable bonds is 9. The number of fused-ring (bicyclic) bond motifs is 1. The van der Waals surface area contributed by atoms with Gasteiger partial charge in [0.2, 0.25) is 11.9 Å². The summed E-state index contributed by atoms with van der Waals surface area (Å²) >= 11 is 0. The molecule has 1 aliphatic heterocycles. The van der Waals surface area contributed by atoms with Gasteiger partial charge in [-0.3, -0.25) is 4.79 Å². The smallest absolute Gasteiger partial charge is 0.249 e. The van der Waals surface area contributed by atoms with Gasteiger partial charge >= 0.3 is 0 Å². The van der Waals surface area contributed by atoms with Gasteiger partial charge in [-0.25, -0.2) is 4.98 Å². The van der Waals surface area contributed by atoms with Gasteiger partial charge in [0.05, 0.1) is 23.8 Å². The number of methoxy groups -OCH3 is 2. The zero-order chi connectivity index (χ0) is 33.1. The molecule has 1 fully saturated rings. The van der Waals surface area contributed by atoms with Crippen molar-refractivity contribution in [1.29, 1.82) is 0 Å². The van der Waals surface area contributed by atoms with Crippen LogP contribution >= 0.6 is 0 Å². The quantitative estimate of drug-likeness (QED) is 0.644. The third-order valence-electron chi connectivity index (χ3n) is 3.61. The highest BCUT2D eigenvalue weighted by Gasteiger charge is 2.22. The average molecular weight is 405 g/mol. The van der Waals surface area contributed by atoms with Gasteiger partial charge < -0.3 is 30.1 Å². The van der Waals surface area contributed by atoms with Crippen molar-refractivity contribution in [3.63, 3.8) is 0 Å². The van der Waals surface area contributed by atoms with Gasteiger partial charge in [0.1, 0.15) is 11.9 Å². The molecule has 0 radical (unpaired) electrons. The predicted octanol–water partition coefficient (Wildman–Crippen LogP) is 1.35. The van der Waals surface area contributed by atoms with Crippen molar-refractivity contribution >= 4 is 28.6 Å². The SMILES string of the molecule is [2H]c1c(OC)c(OC)c([2H])c2c(N([2H])[2H])nc(N(C([2H])([2H])[2H])C([2H])([2H])C([2H])([2H])C([2H])([2H])N([2H])C(=O)C3([2H])CCCO3)nc12. The van der Waals surface area contributed by atoms with E-state index in [2.05, 4.69) is 9.97 Å². The Bertz CT molecular complexity index is 1400. The van der Waals surface area contributed by atoms with Gasteiger partial charge in [0, 0.05) is 50.3 Å². The van der Waals surface area contributed by atoms with E-state index in [1.807, 2.05) is 0 Å². The van der Waals surface area contributed by atoms with Crippen LogP contribution in [-0.2, 0) is 9.53 Å². The Balaban J connectivity index is 2.31. The molecule has 1 amide bonds. The van der Waals surface area contributed by atoms with Gasteiger partial charge in [-0.05, 0) is 25.3 Å². The van der Waals surface area contributed by atoms with E-state index in [1.54, 1.807) is 0 Å². The summed E-state index contributed by atoms with van der Waals surface area (Å²) in [5.41, 5.74) is -0.829.